The van der Waals surface area contributed by atoms with E-state index in [0.717, 1.165) is 11.1 Å². The number of hydrogen-bond acceptors (Lipinski definition) is 1. The predicted octanol–water partition coefficient (Wildman–Crippen LogP) is 2.32. The summed E-state index contributed by atoms with van der Waals surface area (Å²) in [6.45, 7) is 5.94. The van der Waals surface area contributed by atoms with Crippen LogP contribution in [-0.2, 0) is 0 Å². The molecule has 1 aromatic rings. The van der Waals surface area contributed by atoms with Gasteiger partial charge in [0.25, 0.3) is 0 Å². The number of phenolic OH excluding ortho intramolecular Hbond substituents is 1. The summed E-state index contributed by atoms with van der Waals surface area (Å²) in [6, 6.07) is 3.79. The molecule has 0 aromatic heterocycles. The zero-order chi connectivity index (χ0) is 7.72. The highest BCUT2D eigenvalue weighted by Gasteiger charge is 1.97. The van der Waals surface area contributed by atoms with Gasteiger partial charge < -0.3 is 5.11 Å². The topological polar surface area (TPSA) is 20.2 Å². The maximum absolute atomic E-state index is 9.22. The SMILES string of the molecule is Cc1cc(C)c(O)cc1C. The quantitative estimate of drug-likeness (QED) is 0.580. The molecule has 0 aliphatic heterocycles. The zero-order valence-electron chi connectivity index (χ0n) is 6.60. The molecule has 0 saturated carbocycles. The summed E-state index contributed by atoms with van der Waals surface area (Å²) >= 11 is 0. The third-order valence-electron chi connectivity index (χ3n) is 1.81. The van der Waals surface area contributed by atoms with Crippen LogP contribution >= 0.6 is 0 Å². The summed E-state index contributed by atoms with van der Waals surface area (Å²) in [6.07, 6.45) is 0. The molecule has 0 amide bonds. The Morgan fingerprint density at radius 3 is 1.90 bits per heavy atom. The minimum absolute atomic E-state index is 0.392. The second kappa shape index (κ2) is 2.33. The monoisotopic (exact) mass is 136 g/mol. The maximum atomic E-state index is 9.22. The highest BCUT2D eigenvalue weighted by molar-refractivity contribution is 5.39. The van der Waals surface area contributed by atoms with E-state index in [2.05, 4.69) is 0 Å². The lowest BCUT2D eigenvalue weighted by Crippen LogP contribution is -1.82. The van der Waals surface area contributed by atoms with Gasteiger partial charge in [0.05, 0.1) is 0 Å². The van der Waals surface area contributed by atoms with Gasteiger partial charge in [0.1, 0.15) is 5.75 Å². The van der Waals surface area contributed by atoms with Gasteiger partial charge in [-0.25, -0.2) is 0 Å². The van der Waals surface area contributed by atoms with Crippen LogP contribution in [0.25, 0.3) is 0 Å². The minimum Gasteiger partial charge on any atom is -0.508 e. The van der Waals surface area contributed by atoms with Gasteiger partial charge in [-0.15, -0.1) is 0 Å². The third-order valence-corrected chi connectivity index (χ3v) is 1.81. The molecule has 0 spiro atoms. The van der Waals surface area contributed by atoms with Gasteiger partial charge in [-0.2, -0.15) is 0 Å². The summed E-state index contributed by atoms with van der Waals surface area (Å²) in [4.78, 5) is 0. The van der Waals surface area contributed by atoms with Gasteiger partial charge >= 0.3 is 0 Å². The molecule has 1 nitrogen and oxygen atoms in total. The second-order valence-electron chi connectivity index (χ2n) is 2.72. The Labute approximate surface area is 61.3 Å². The average Bonchev–Trinajstić information content (AvgIpc) is 1.84. The Bertz CT molecular complexity index is 201. The number of aromatic hydroxyl groups is 1. The molecule has 10 heavy (non-hydrogen) atoms. The van der Waals surface area contributed by atoms with E-state index in [1.54, 1.807) is 6.07 Å². The normalized spacial score (nSPS) is 9.90. The average molecular weight is 136 g/mol. The number of benzene rings is 1. The molecule has 0 aliphatic carbocycles. The Morgan fingerprint density at radius 2 is 1.40 bits per heavy atom. The Balaban J connectivity index is 3.28. The molecule has 0 aliphatic rings. The molecular weight excluding hydrogens is 124 g/mol. The van der Waals surface area contributed by atoms with Crippen molar-refractivity contribution < 1.29 is 5.11 Å². The van der Waals surface area contributed by atoms with Gasteiger partial charge in [-0.05, 0) is 43.5 Å². The van der Waals surface area contributed by atoms with Crippen LogP contribution in [0, 0.1) is 20.8 Å². The predicted molar refractivity (Wildman–Crippen MR) is 42.3 cm³/mol. The fourth-order valence-corrected chi connectivity index (χ4v) is 0.945. The summed E-state index contributed by atoms with van der Waals surface area (Å²) in [5.74, 6) is 0.392. The van der Waals surface area contributed by atoms with Crippen molar-refractivity contribution in [2.24, 2.45) is 0 Å². The first-order valence-electron chi connectivity index (χ1n) is 3.38. The first kappa shape index (κ1) is 7.13. The third kappa shape index (κ3) is 1.13. The fraction of sp³-hybridized carbons (Fsp3) is 0.333. The van der Waals surface area contributed by atoms with E-state index in [0.29, 0.717) is 5.75 Å². The van der Waals surface area contributed by atoms with E-state index in [4.69, 9.17) is 0 Å². The minimum atomic E-state index is 0.392. The molecule has 1 rings (SSSR count). The molecule has 1 N–H and O–H groups in total. The second-order valence-corrected chi connectivity index (χ2v) is 2.72. The van der Waals surface area contributed by atoms with Crippen molar-refractivity contribution in [3.63, 3.8) is 0 Å². The van der Waals surface area contributed by atoms with E-state index in [9.17, 15) is 5.11 Å². The van der Waals surface area contributed by atoms with Crippen LogP contribution < -0.4 is 0 Å². The summed E-state index contributed by atoms with van der Waals surface area (Å²) in [7, 11) is 0. The number of aryl methyl sites for hydroxylation is 3. The summed E-state index contributed by atoms with van der Waals surface area (Å²) < 4.78 is 0. The van der Waals surface area contributed by atoms with Crippen molar-refractivity contribution in [2.45, 2.75) is 20.8 Å². The Morgan fingerprint density at radius 1 is 0.900 bits per heavy atom. The van der Waals surface area contributed by atoms with Crippen LogP contribution in [0.3, 0.4) is 0 Å². The zero-order valence-corrected chi connectivity index (χ0v) is 6.60. The van der Waals surface area contributed by atoms with Crippen LogP contribution in [0.15, 0.2) is 12.1 Å². The standard InChI is InChI=1S/C9H12O/c1-6-4-8(3)9(10)5-7(6)2/h4-5,10H,1-3H3. The Hall–Kier alpha value is -0.980. The summed E-state index contributed by atoms with van der Waals surface area (Å²) in [5, 5.41) is 9.22. The van der Waals surface area contributed by atoms with Gasteiger partial charge in [0, 0.05) is 0 Å². The molecular formula is C9H12O. The largest absolute Gasteiger partial charge is 0.508 e. The molecule has 0 saturated heterocycles. The van der Waals surface area contributed by atoms with Crippen LogP contribution in [0.2, 0.25) is 0 Å². The number of phenols is 1. The van der Waals surface area contributed by atoms with E-state index in [-0.39, 0.29) is 0 Å². The van der Waals surface area contributed by atoms with E-state index < -0.39 is 0 Å². The highest BCUT2D eigenvalue weighted by atomic mass is 16.3. The van der Waals surface area contributed by atoms with Crippen molar-refractivity contribution in [1.82, 2.24) is 0 Å². The van der Waals surface area contributed by atoms with Gasteiger partial charge in [-0.3, -0.25) is 0 Å². The molecule has 1 aromatic carbocycles. The van der Waals surface area contributed by atoms with Crippen LogP contribution in [0.5, 0.6) is 5.75 Å². The number of hydrogen-bond donors (Lipinski definition) is 1. The van der Waals surface area contributed by atoms with E-state index in [1.807, 2.05) is 26.8 Å². The molecule has 1 heteroatoms. The molecule has 54 valence electrons. The first-order valence-corrected chi connectivity index (χ1v) is 3.38. The van der Waals surface area contributed by atoms with E-state index in [1.165, 1.54) is 5.56 Å². The lowest BCUT2D eigenvalue weighted by atomic mass is 10.1. The lowest BCUT2D eigenvalue weighted by molar-refractivity contribution is 0.470. The van der Waals surface area contributed by atoms with Crippen molar-refractivity contribution in [2.75, 3.05) is 0 Å². The first-order chi connectivity index (χ1) is 4.61. The lowest BCUT2D eigenvalue weighted by Gasteiger charge is -2.02. The van der Waals surface area contributed by atoms with Crippen LogP contribution in [-0.4, -0.2) is 5.11 Å². The van der Waals surface area contributed by atoms with E-state index >= 15 is 0 Å². The Kier molecular flexibility index (Phi) is 1.66. The molecule has 0 radical (unpaired) electrons. The van der Waals surface area contributed by atoms with Crippen LogP contribution in [0.4, 0.5) is 0 Å². The van der Waals surface area contributed by atoms with Crippen molar-refractivity contribution in [1.29, 1.82) is 0 Å². The van der Waals surface area contributed by atoms with Gasteiger partial charge in [0.2, 0.25) is 0 Å². The molecule has 0 fully saturated rings. The summed E-state index contributed by atoms with van der Waals surface area (Å²) in [5.41, 5.74) is 3.32. The highest BCUT2D eigenvalue weighted by Crippen LogP contribution is 2.19. The van der Waals surface area contributed by atoms with Crippen LogP contribution in [0.1, 0.15) is 16.7 Å². The van der Waals surface area contributed by atoms with Gasteiger partial charge in [0.15, 0.2) is 0 Å². The fourth-order valence-electron chi connectivity index (χ4n) is 0.945. The molecule has 0 bridgehead atoms. The molecule has 0 atom stereocenters. The van der Waals surface area contributed by atoms with Crippen molar-refractivity contribution in [3.8, 4) is 5.75 Å². The molecule has 0 unspecified atom stereocenters. The smallest absolute Gasteiger partial charge is 0.118 e. The van der Waals surface area contributed by atoms with Crippen molar-refractivity contribution >= 4 is 0 Å². The maximum Gasteiger partial charge on any atom is 0.118 e. The molecule has 0 heterocycles. The van der Waals surface area contributed by atoms with Gasteiger partial charge in [-0.1, -0.05) is 6.07 Å². The number of rotatable bonds is 0. The van der Waals surface area contributed by atoms with Crippen molar-refractivity contribution in [3.05, 3.63) is 28.8 Å².